The number of benzene rings is 2. The van der Waals surface area contributed by atoms with Crippen LogP contribution in [0.2, 0.25) is 0 Å². The molecule has 2 aromatic rings. The van der Waals surface area contributed by atoms with Crippen LogP contribution in [-0.4, -0.2) is 44.1 Å². The van der Waals surface area contributed by atoms with Gasteiger partial charge in [-0.05, 0) is 63.6 Å². The SMILES string of the molecule is CCN(CC)c1ccc(C(=O)NNC(=O)COC(=O)COc2ccc(C)cc2C)cc1. The fourth-order valence-electron chi connectivity index (χ4n) is 2.93. The number of hydrogen-bond donors (Lipinski definition) is 2. The molecule has 0 atom stereocenters. The van der Waals surface area contributed by atoms with Crippen LogP contribution in [0.25, 0.3) is 0 Å². The predicted octanol–water partition coefficient (Wildman–Crippen LogP) is 2.53. The molecular formula is C23H29N3O5. The largest absolute Gasteiger partial charge is 0.482 e. The molecule has 0 aromatic heterocycles. The Morgan fingerprint density at radius 3 is 2.19 bits per heavy atom. The Balaban J connectivity index is 1.72. The standard InChI is InChI=1S/C23H29N3O5/c1-5-26(6-2)19-10-8-18(9-11-19)23(29)25-24-21(27)14-31-22(28)15-30-20-12-7-16(3)13-17(20)4/h7-13H,5-6,14-15H2,1-4H3,(H,24,27)(H,25,29). The maximum absolute atomic E-state index is 12.2. The number of anilines is 1. The van der Waals surface area contributed by atoms with Crippen molar-refractivity contribution in [2.24, 2.45) is 0 Å². The van der Waals surface area contributed by atoms with Gasteiger partial charge in [0.2, 0.25) is 0 Å². The van der Waals surface area contributed by atoms with E-state index in [1.54, 1.807) is 18.2 Å². The lowest BCUT2D eigenvalue weighted by Gasteiger charge is -2.21. The van der Waals surface area contributed by atoms with Crippen molar-refractivity contribution in [3.63, 3.8) is 0 Å². The Labute approximate surface area is 182 Å². The third kappa shape index (κ3) is 7.33. The van der Waals surface area contributed by atoms with Crippen molar-refractivity contribution in [2.45, 2.75) is 27.7 Å². The van der Waals surface area contributed by atoms with Crippen molar-refractivity contribution in [1.82, 2.24) is 10.9 Å². The zero-order valence-electron chi connectivity index (χ0n) is 18.4. The summed E-state index contributed by atoms with van der Waals surface area (Å²) < 4.78 is 10.3. The highest BCUT2D eigenvalue weighted by Gasteiger charge is 2.12. The highest BCUT2D eigenvalue weighted by atomic mass is 16.6. The number of esters is 1. The van der Waals surface area contributed by atoms with Gasteiger partial charge in [0.05, 0.1) is 0 Å². The number of carbonyl (C=O) groups excluding carboxylic acids is 3. The molecule has 0 aliphatic rings. The molecule has 0 unspecified atom stereocenters. The summed E-state index contributed by atoms with van der Waals surface area (Å²) in [5.74, 6) is -1.24. The van der Waals surface area contributed by atoms with Crippen molar-refractivity contribution >= 4 is 23.5 Å². The molecule has 0 aliphatic carbocycles. The van der Waals surface area contributed by atoms with Gasteiger partial charge in [-0.15, -0.1) is 0 Å². The van der Waals surface area contributed by atoms with E-state index in [-0.39, 0.29) is 6.61 Å². The second kappa shape index (κ2) is 11.6. The lowest BCUT2D eigenvalue weighted by molar-refractivity contribution is -0.150. The first-order valence-corrected chi connectivity index (χ1v) is 10.1. The number of ether oxygens (including phenoxy) is 2. The molecule has 0 bridgehead atoms. The molecule has 31 heavy (non-hydrogen) atoms. The minimum atomic E-state index is -0.687. The molecule has 0 heterocycles. The number of nitrogens with zero attached hydrogens (tertiary/aromatic N) is 1. The van der Waals surface area contributed by atoms with Crippen molar-refractivity contribution in [3.8, 4) is 5.75 Å². The molecule has 0 aliphatic heterocycles. The van der Waals surface area contributed by atoms with Gasteiger partial charge in [0.15, 0.2) is 13.2 Å². The quantitative estimate of drug-likeness (QED) is 0.472. The van der Waals surface area contributed by atoms with Gasteiger partial charge < -0.3 is 14.4 Å². The molecule has 2 rings (SSSR count). The van der Waals surface area contributed by atoms with Gasteiger partial charge in [-0.1, -0.05) is 17.7 Å². The first-order chi connectivity index (χ1) is 14.8. The topological polar surface area (TPSA) is 97.0 Å². The van der Waals surface area contributed by atoms with Crippen molar-refractivity contribution < 1.29 is 23.9 Å². The number of hydrogen-bond acceptors (Lipinski definition) is 6. The predicted molar refractivity (Wildman–Crippen MR) is 118 cm³/mol. The zero-order valence-corrected chi connectivity index (χ0v) is 18.4. The molecule has 2 amide bonds. The minimum Gasteiger partial charge on any atom is -0.482 e. The monoisotopic (exact) mass is 427 g/mol. The fourth-order valence-corrected chi connectivity index (χ4v) is 2.93. The van der Waals surface area contributed by atoms with E-state index >= 15 is 0 Å². The van der Waals surface area contributed by atoms with E-state index in [9.17, 15) is 14.4 Å². The molecule has 0 saturated carbocycles. The van der Waals surface area contributed by atoms with Gasteiger partial charge in [-0.3, -0.25) is 20.4 Å². The lowest BCUT2D eigenvalue weighted by atomic mass is 10.1. The molecule has 8 heteroatoms. The number of nitrogens with one attached hydrogen (secondary N) is 2. The molecule has 0 saturated heterocycles. The van der Waals surface area contributed by atoms with Crippen LogP contribution in [0.5, 0.6) is 5.75 Å². The molecule has 166 valence electrons. The highest BCUT2D eigenvalue weighted by Crippen LogP contribution is 2.18. The molecular weight excluding hydrogens is 398 g/mol. The van der Waals surface area contributed by atoms with Crippen LogP contribution in [0.15, 0.2) is 42.5 Å². The van der Waals surface area contributed by atoms with Crippen LogP contribution < -0.4 is 20.5 Å². The normalized spacial score (nSPS) is 10.2. The molecule has 0 radical (unpaired) electrons. The average Bonchev–Trinajstić information content (AvgIpc) is 2.76. The van der Waals surface area contributed by atoms with E-state index in [1.165, 1.54) is 0 Å². The maximum Gasteiger partial charge on any atom is 0.344 e. The van der Waals surface area contributed by atoms with Gasteiger partial charge in [-0.2, -0.15) is 0 Å². The van der Waals surface area contributed by atoms with Crippen molar-refractivity contribution in [3.05, 3.63) is 59.2 Å². The first kappa shape index (κ1) is 23.7. The molecule has 2 N–H and O–H groups in total. The second-order valence-electron chi connectivity index (χ2n) is 6.94. The van der Waals surface area contributed by atoms with E-state index in [0.29, 0.717) is 11.3 Å². The van der Waals surface area contributed by atoms with E-state index in [4.69, 9.17) is 9.47 Å². The summed E-state index contributed by atoms with van der Waals surface area (Å²) in [5.41, 5.74) is 7.92. The van der Waals surface area contributed by atoms with Crippen LogP contribution >= 0.6 is 0 Å². The van der Waals surface area contributed by atoms with E-state index in [1.807, 2.05) is 38.1 Å². The number of amides is 2. The van der Waals surface area contributed by atoms with Crippen LogP contribution in [-0.2, 0) is 14.3 Å². The molecule has 8 nitrogen and oxygen atoms in total. The van der Waals surface area contributed by atoms with Crippen LogP contribution in [0.1, 0.15) is 35.3 Å². The average molecular weight is 428 g/mol. The summed E-state index contributed by atoms with van der Waals surface area (Å²) in [6, 6.07) is 12.6. The Morgan fingerprint density at radius 2 is 1.58 bits per heavy atom. The molecule has 0 spiro atoms. The third-order valence-electron chi connectivity index (χ3n) is 4.61. The van der Waals surface area contributed by atoms with Crippen molar-refractivity contribution in [2.75, 3.05) is 31.2 Å². The Hall–Kier alpha value is -3.55. The van der Waals surface area contributed by atoms with Gasteiger partial charge >= 0.3 is 5.97 Å². The van der Waals surface area contributed by atoms with E-state index in [2.05, 4.69) is 29.6 Å². The van der Waals surface area contributed by atoms with Gasteiger partial charge in [0.1, 0.15) is 5.75 Å². The first-order valence-electron chi connectivity index (χ1n) is 10.1. The Bertz CT molecular complexity index is 908. The number of carbonyl (C=O) groups is 3. The second-order valence-corrected chi connectivity index (χ2v) is 6.94. The summed E-state index contributed by atoms with van der Waals surface area (Å²) in [7, 11) is 0. The maximum atomic E-state index is 12.2. The smallest absolute Gasteiger partial charge is 0.344 e. The summed E-state index contributed by atoms with van der Waals surface area (Å²) in [6.07, 6.45) is 0. The third-order valence-corrected chi connectivity index (χ3v) is 4.61. The number of aryl methyl sites for hydroxylation is 2. The Kier molecular flexibility index (Phi) is 8.87. The minimum absolute atomic E-state index is 0.317. The van der Waals surface area contributed by atoms with E-state index < -0.39 is 24.4 Å². The van der Waals surface area contributed by atoms with E-state index in [0.717, 1.165) is 29.9 Å². The lowest BCUT2D eigenvalue weighted by Crippen LogP contribution is -2.43. The van der Waals surface area contributed by atoms with Crippen LogP contribution in [0.3, 0.4) is 0 Å². The summed E-state index contributed by atoms with van der Waals surface area (Å²) in [4.78, 5) is 37.9. The summed E-state index contributed by atoms with van der Waals surface area (Å²) >= 11 is 0. The number of hydrazine groups is 1. The van der Waals surface area contributed by atoms with Crippen LogP contribution in [0.4, 0.5) is 5.69 Å². The van der Waals surface area contributed by atoms with Gasteiger partial charge in [0, 0.05) is 24.3 Å². The fraction of sp³-hybridized carbons (Fsp3) is 0.348. The molecule has 0 fully saturated rings. The highest BCUT2D eigenvalue weighted by molar-refractivity contribution is 5.95. The van der Waals surface area contributed by atoms with Gasteiger partial charge in [-0.25, -0.2) is 4.79 Å². The zero-order chi connectivity index (χ0) is 22.8. The van der Waals surface area contributed by atoms with Crippen molar-refractivity contribution in [1.29, 1.82) is 0 Å². The summed E-state index contributed by atoms with van der Waals surface area (Å²) in [5, 5.41) is 0. The number of rotatable bonds is 9. The Morgan fingerprint density at radius 1 is 0.903 bits per heavy atom. The molecule has 2 aromatic carbocycles. The van der Waals surface area contributed by atoms with Gasteiger partial charge in [0.25, 0.3) is 11.8 Å². The summed E-state index contributed by atoms with van der Waals surface area (Å²) in [6.45, 7) is 8.84. The van der Waals surface area contributed by atoms with Crippen LogP contribution in [0, 0.1) is 13.8 Å².